The summed E-state index contributed by atoms with van der Waals surface area (Å²) >= 11 is 0. The molecule has 28 heavy (non-hydrogen) atoms. The van der Waals surface area contributed by atoms with Gasteiger partial charge >= 0.3 is 0 Å². The Labute approximate surface area is 173 Å². The smallest absolute Gasteiger partial charge is 0.243 e. The molecular formula is C21H31ClN4O2. The fourth-order valence-electron chi connectivity index (χ4n) is 4.20. The minimum absolute atomic E-state index is 0. The van der Waals surface area contributed by atoms with E-state index in [0.29, 0.717) is 31.0 Å². The minimum atomic E-state index is -0.336. The van der Waals surface area contributed by atoms with Crippen LogP contribution in [0.3, 0.4) is 0 Å². The third-order valence-corrected chi connectivity index (χ3v) is 5.80. The summed E-state index contributed by atoms with van der Waals surface area (Å²) in [7, 11) is 0. The quantitative estimate of drug-likeness (QED) is 0.500. The first-order chi connectivity index (χ1) is 13.0. The maximum Gasteiger partial charge on any atom is 0.243 e. The van der Waals surface area contributed by atoms with Crippen LogP contribution in [-0.4, -0.2) is 35.1 Å². The van der Waals surface area contributed by atoms with Crippen LogP contribution in [0.25, 0.3) is 0 Å². The lowest BCUT2D eigenvalue weighted by Crippen LogP contribution is -2.46. The second-order valence-electron chi connectivity index (χ2n) is 7.78. The number of hydrogen-bond acceptors (Lipinski definition) is 3. The Bertz CT molecular complexity index is 686. The highest BCUT2D eigenvalue weighted by Crippen LogP contribution is 2.28. The third-order valence-electron chi connectivity index (χ3n) is 5.80. The van der Waals surface area contributed by atoms with Crippen molar-refractivity contribution in [3.8, 4) is 0 Å². The van der Waals surface area contributed by atoms with Gasteiger partial charge in [0, 0.05) is 25.1 Å². The van der Waals surface area contributed by atoms with Crippen molar-refractivity contribution in [2.45, 2.75) is 64.0 Å². The summed E-state index contributed by atoms with van der Waals surface area (Å²) in [5.74, 6) is 0.601. The normalized spacial score (nSPS) is 19.7. The largest absolute Gasteiger partial charge is 0.384 e. The van der Waals surface area contributed by atoms with Crippen molar-refractivity contribution in [1.82, 2.24) is 10.2 Å². The summed E-state index contributed by atoms with van der Waals surface area (Å²) in [6.07, 6.45) is 8.25. The molecule has 4 N–H and O–H groups in total. The van der Waals surface area contributed by atoms with Crippen LogP contribution >= 0.6 is 12.4 Å². The second-order valence-corrected chi connectivity index (χ2v) is 7.78. The van der Waals surface area contributed by atoms with E-state index in [2.05, 4.69) is 5.32 Å². The van der Waals surface area contributed by atoms with E-state index in [0.717, 1.165) is 31.2 Å². The molecule has 6 nitrogen and oxygen atoms in total. The molecule has 2 fully saturated rings. The average Bonchev–Trinajstić information content (AvgIpc) is 3.17. The first-order valence-corrected chi connectivity index (χ1v) is 10.0. The van der Waals surface area contributed by atoms with Crippen molar-refractivity contribution in [3.05, 3.63) is 35.4 Å². The van der Waals surface area contributed by atoms with Crippen molar-refractivity contribution in [1.29, 1.82) is 5.41 Å². The number of halogens is 1. The SMILES string of the molecule is Cl.N=C(N)c1ccc(CNC(=O)[C@@H]2CCCN2C(=O)CC2CCCCC2)cc1. The number of benzene rings is 1. The molecule has 3 rings (SSSR count). The molecule has 1 aromatic rings. The van der Waals surface area contributed by atoms with Crippen molar-refractivity contribution >= 4 is 30.1 Å². The maximum atomic E-state index is 12.7. The molecule has 154 valence electrons. The fourth-order valence-corrected chi connectivity index (χ4v) is 4.20. The van der Waals surface area contributed by atoms with Crippen molar-refractivity contribution < 1.29 is 9.59 Å². The van der Waals surface area contributed by atoms with Gasteiger partial charge in [-0.25, -0.2) is 0 Å². The van der Waals surface area contributed by atoms with E-state index >= 15 is 0 Å². The van der Waals surface area contributed by atoms with E-state index in [1.807, 2.05) is 12.1 Å². The van der Waals surface area contributed by atoms with E-state index in [-0.39, 0.29) is 36.1 Å². The van der Waals surface area contributed by atoms with Gasteiger partial charge < -0.3 is 16.0 Å². The first-order valence-electron chi connectivity index (χ1n) is 10.0. The lowest BCUT2D eigenvalue weighted by molar-refractivity contribution is -0.139. The monoisotopic (exact) mass is 406 g/mol. The number of nitrogen functional groups attached to an aromatic ring is 1. The van der Waals surface area contributed by atoms with Crippen LogP contribution < -0.4 is 11.1 Å². The van der Waals surface area contributed by atoms with Crippen LogP contribution in [-0.2, 0) is 16.1 Å². The van der Waals surface area contributed by atoms with Crippen LogP contribution in [0.5, 0.6) is 0 Å². The summed E-state index contributed by atoms with van der Waals surface area (Å²) in [5, 5.41) is 10.4. The zero-order valence-electron chi connectivity index (χ0n) is 16.3. The molecule has 1 aromatic carbocycles. The molecule has 0 unspecified atom stereocenters. The van der Waals surface area contributed by atoms with E-state index in [4.69, 9.17) is 11.1 Å². The zero-order chi connectivity index (χ0) is 19.2. The van der Waals surface area contributed by atoms with Gasteiger partial charge in [0.25, 0.3) is 0 Å². The molecule has 1 saturated carbocycles. The Morgan fingerprint density at radius 1 is 1.07 bits per heavy atom. The highest BCUT2D eigenvalue weighted by Gasteiger charge is 2.34. The molecule has 0 aromatic heterocycles. The van der Waals surface area contributed by atoms with E-state index in [1.54, 1.807) is 17.0 Å². The number of amidine groups is 1. The molecular weight excluding hydrogens is 376 g/mol. The highest BCUT2D eigenvalue weighted by atomic mass is 35.5. The number of hydrogen-bond donors (Lipinski definition) is 3. The molecule has 1 heterocycles. The number of amides is 2. The van der Waals surface area contributed by atoms with Crippen molar-refractivity contribution in [2.75, 3.05) is 6.54 Å². The number of carbonyl (C=O) groups excluding carboxylic acids is 2. The molecule has 2 amide bonds. The fraction of sp³-hybridized carbons (Fsp3) is 0.571. The Kier molecular flexibility index (Phi) is 8.30. The van der Waals surface area contributed by atoms with Crippen molar-refractivity contribution in [2.24, 2.45) is 11.7 Å². The van der Waals surface area contributed by atoms with Crippen LogP contribution in [0, 0.1) is 11.3 Å². The van der Waals surface area contributed by atoms with Crippen molar-refractivity contribution in [3.63, 3.8) is 0 Å². The predicted octanol–water partition coefficient (Wildman–Crippen LogP) is 2.97. The van der Waals surface area contributed by atoms with E-state index in [9.17, 15) is 9.59 Å². The zero-order valence-corrected chi connectivity index (χ0v) is 17.1. The van der Waals surface area contributed by atoms with Gasteiger partial charge in [0.15, 0.2) is 0 Å². The average molecular weight is 407 g/mol. The summed E-state index contributed by atoms with van der Waals surface area (Å²) in [4.78, 5) is 27.2. The molecule has 1 atom stereocenters. The lowest BCUT2D eigenvalue weighted by Gasteiger charge is -2.27. The van der Waals surface area contributed by atoms with Crippen LogP contribution in [0.15, 0.2) is 24.3 Å². The summed E-state index contributed by atoms with van der Waals surface area (Å²) in [6.45, 7) is 1.11. The minimum Gasteiger partial charge on any atom is -0.384 e. The van der Waals surface area contributed by atoms with Gasteiger partial charge in [0.2, 0.25) is 11.8 Å². The summed E-state index contributed by atoms with van der Waals surface area (Å²) < 4.78 is 0. The Balaban J connectivity index is 0.00000280. The van der Waals surface area contributed by atoms with Gasteiger partial charge in [-0.05, 0) is 37.2 Å². The van der Waals surface area contributed by atoms with E-state index in [1.165, 1.54) is 19.3 Å². The van der Waals surface area contributed by atoms with Crippen LogP contribution in [0.2, 0.25) is 0 Å². The molecule has 1 saturated heterocycles. The predicted molar refractivity (Wildman–Crippen MR) is 112 cm³/mol. The Morgan fingerprint density at radius 2 is 1.75 bits per heavy atom. The molecule has 0 radical (unpaired) electrons. The number of rotatable bonds is 6. The van der Waals surface area contributed by atoms with Gasteiger partial charge in [-0.1, -0.05) is 43.5 Å². The molecule has 1 aliphatic carbocycles. The third kappa shape index (κ3) is 5.71. The van der Waals surface area contributed by atoms with Crippen LogP contribution in [0.4, 0.5) is 0 Å². The number of nitrogens with two attached hydrogens (primary N) is 1. The first kappa shape index (κ1) is 22.2. The number of nitrogens with zero attached hydrogens (tertiary/aromatic N) is 1. The highest BCUT2D eigenvalue weighted by molar-refractivity contribution is 5.94. The second kappa shape index (κ2) is 10.5. The molecule has 2 aliphatic rings. The Hall–Kier alpha value is -2.08. The number of nitrogens with one attached hydrogen (secondary N) is 2. The maximum absolute atomic E-state index is 12.7. The number of likely N-dealkylation sites (tertiary alicyclic amines) is 1. The Morgan fingerprint density at radius 3 is 2.39 bits per heavy atom. The van der Waals surface area contributed by atoms with Gasteiger partial charge in [-0.2, -0.15) is 0 Å². The summed E-state index contributed by atoms with van der Waals surface area (Å²) in [6, 6.07) is 6.94. The molecule has 1 aliphatic heterocycles. The molecule has 0 bridgehead atoms. The van der Waals surface area contributed by atoms with Crippen LogP contribution in [0.1, 0.15) is 62.5 Å². The molecule has 7 heteroatoms. The van der Waals surface area contributed by atoms with Gasteiger partial charge in [0.05, 0.1) is 0 Å². The standard InChI is InChI=1S/C21H30N4O2.ClH/c22-20(23)17-10-8-16(9-11-17)14-24-21(27)18-7-4-12-25(18)19(26)13-15-5-2-1-3-6-15;/h8-11,15,18H,1-7,12-14H2,(H3,22,23)(H,24,27);1H/t18-;/m0./s1. The molecule has 0 spiro atoms. The van der Waals surface area contributed by atoms with Gasteiger partial charge in [0.1, 0.15) is 11.9 Å². The number of carbonyl (C=O) groups is 2. The lowest BCUT2D eigenvalue weighted by atomic mass is 9.86. The van der Waals surface area contributed by atoms with Gasteiger partial charge in [-0.3, -0.25) is 15.0 Å². The van der Waals surface area contributed by atoms with E-state index < -0.39 is 0 Å². The summed E-state index contributed by atoms with van der Waals surface area (Å²) in [5.41, 5.74) is 7.07. The van der Waals surface area contributed by atoms with Gasteiger partial charge in [-0.15, -0.1) is 12.4 Å². The topological polar surface area (TPSA) is 99.3 Å².